The van der Waals surface area contributed by atoms with E-state index in [2.05, 4.69) is 61.5 Å². The number of hydrogen-bond donors (Lipinski definition) is 0. The minimum Gasteiger partial charge on any atom is -0.496 e. The molecule has 2 rings (SSSR count). The molecule has 0 radical (unpaired) electrons. The summed E-state index contributed by atoms with van der Waals surface area (Å²) in [5, 5.41) is 0. The third kappa shape index (κ3) is 7.29. The predicted octanol–water partition coefficient (Wildman–Crippen LogP) is 9.06. The third-order valence-corrected chi connectivity index (χ3v) is 7.68. The van der Waals surface area contributed by atoms with Crippen LogP contribution in [0.15, 0.2) is 11.6 Å². The smallest absolute Gasteiger partial charge is 0.127 e. The first-order valence-corrected chi connectivity index (χ1v) is 13.1. The lowest BCUT2D eigenvalue weighted by Crippen LogP contribution is -2.37. The Kier molecular flexibility index (Phi) is 10.2. The first kappa shape index (κ1) is 26.8. The summed E-state index contributed by atoms with van der Waals surface area (Å²) in [7, 11) is 1.77. The highest BCUT2D eigenvalue weighted by Crippen LogP contribution is 2.44. The molecule has 0 saturated heterocycles. The molecule has 0 amide bonds. The average Bonchev–Trinajstić information content (AvgIpc) is 2.72. The van der Waals surface area contributed by atoms with Gasteiger partial charge in [-0.25, -0.2) is 0 Å². The van der Waals surface area contributed by atoms with E-state index in [4.69, 9.17) is 9.47 Å². The molecule has 1 aromatic rings. The van der Waals surface area contributed by atoms with E-state index in [9.17, 15) is 0 Å². The van der Waals surface area contributed by atoms with E-state index in [-0.39, 0.29) is 5.60 Å². The molecule has 0 fully saturated rings. The number of hydrogen-bond acceptors (Lipinski definition) is 2. The summed E-state index contributed by atoms with van der Waals surface area (Å²) >= 11 is 0. The Morgan fingerprint density at radius 3 is 2.38 bits per heavy atom. The Bertz CT molecular complexity index is 774. The van der Waals surface area contributed by atoms with Gasteiger partial charge in [0, 0.05) is 5.56 Å². The van der Waals surface area contributed by atoms with Crippen LogP contribution in [0.5, 0.6) is 11.5 Å². The molecule has 0 bridgehead atoms. The minimum atomic E-state index is -0.0765. The van der Waals surface area contributed by atoms with E-state index in [1.807, 2.05) is 0 Å². The first-order chi connectivity index (χ1) is 15.1. The van der Waals surface area contributed by atoms with Gasteiger partial charge >= 0.3 is 0 Å². The van der Waals surface area contributed by atoms with Crippen LogP contribution in [0.2, 0.25) is 0 Å². The van der Waals surface area contributed by atoms with Crippen LogP contribution >= 0.6 is 0 Å². The maximum Gasteiger partial charge on any atom is 0.127 e. The Labute approximate surface area is 199 Å². The van der Waals surface area contributed by atoms with Crippen LogP contribution in [0.25, 0.3) is 0 Å². The van der Waals surface area contributed by atoms with Gasteiger partial charge in [-0.3, -0.25) is 0 Å². The average molecular weight is 443 g/mol. The van der Waals surface area contributed by atoms with Gasteiger partial charge in [-0.1, -0.05) is 58.1 Å². The van der Waals surface area contributed by atoms with Crippen molar-refractivity contribution < 1.29 is 9.47 Å². The fraction of sp³-hybridized carbons (Fsp3) is 0.733. The van der Waals surface area contributed by atoms with Crippen molar-refractivity contribution in [3.63, 3.8) is 0 Å². The zero-order valence-corrected chi connectivity index (χ0v) is 22.6. The SMILES string of the molecule is COc1c(C)c(C)c2c(c1C)CCC(C)(CC/C=C(\C)CCCC(C)CCCC(C)C)O2. The van der Waals surface area contributed by atoms with Crippen molar-refractivity contribution in [1.82, 2.24) is 0 Å². The van der Waals surface area contributed by atoms with Crippen molar-refractivity contribution in [2.45, 2.75) is 125 Å². The molecule has 2 heteroatoms. The van der Waals surface area contributed by atoms with Crippen molar-refractivity contribution in [2.75, 3.05) is 7.11 Å². The summed E-state index contributed by atoms with van der Waals surface area (Å²) in [6.45, 7) is 18.2. The maximum absolute atomic E-state index is 6.68. The molecule has 1 heterocycles. The van der Waals surface area contributed by atoms with E-state index < -0.39 is 0 Å². The van der Waals surface area contributed by atoms with Crippen molar-refractivity contribution in [3.8, 4) is 11.5 Å². The number of ether oxygens (including phenoxy) is 2. The number of allylic oxidation sites excluding steroid dienone is 2. The van der Waals surface area contributed by atoms with E-state index in [0.717, 1.165) is 49.0 Å². The Balaban J connectivity index is 1.84. The van der Waals surface area contributed by atoms with Crippen LogP contribution in [0.3, 0.4) is 0 Å². The van der Waals surface area contributed by atoms with E-state index in [1.165, 1.54) is 60.8 Å². The molecule has 1 aromatic carbocycles. The lowest BCUT2D eigenvalue weighted by molar-refractivity contribution is 0.0558. The van der Waals surface area contributed by atoms with Crippen molar-refractivity contribution in [1.29, 1.82) is 0 Å². The van der Waals surface area contributed by atoms with Gasteiger partial charge in [0.1, 0.15) is 17.1 Å². The van der Waals surface area contributed by atoms with Gasteiger partial charge in [-0.05, 0) is 102 Å². The molecule has 0 aromatic heterocycles. The monoisotopic (exact) mass is 442 g/mol. The Morgan fingerprint density at radius 1 is 1.03 bits per heavy atom. The van der Waals surface area contributed by atoms with Gasteiger partial charge < -0.3 is 9.47 Å². The highest BCUT2D eigenvalue weighted by atomic mass is 16.5. The fourth-order valence-electron chi connectivity index (χ4n) is 5.24. The molecule has 0 aliphatic carbocycles. The van der Waals surface area contributed by atoms with Crippen LogP contribution in [-0.2, 0) is 6.42 Å². The second kappa shape index (κ2) is 12.1. The summed E-state index contributed by atoms with van der Waals surface area (Å²) in [5.74, 6) is 3.85. The van der Waals surface area contributed by atoms with Crippen molar-refractivity contribution >= 4 is 0 Å². The lowest BCUT2D eigenvalue weighted by Gasteiger charge is -2.38. The number of fused-ring (bicyclic) bond motifs is 1. The van der Waals surface area contributed by atoms with Gasteiger partial charge in [-0.15, -0.1) is 0 Å². The van der Waals surface area contributed by atoms with Crippen LogP contribution in [-0.4, -0.2) is 12.7 Å². The molecule has 2 atom stereocenters. The topological polar surface area (TPSA) is 18.5 Å². The fourth-order valence-corrected chi connectivity index (χ4v) is 5.24. The van der Waals surface area contributed by atoms with Crippen molar-refractivity contribution in [3.05, 3.63) is 33.9 Å². The van der Waals surface area contributed by atoms with Crippen molar-refractivity contribution in [2.24, 2.45) is 11.8 Å². The van der Waals surface area contributed by atoms with Gasteiger partial charge in [0.15, 0.2) is 0 Å². The molecule has 2 nitrogen and oxygen atoms in total. The number of methoxy groups -OCH3 is 1. The standard InChI is InChI=1S/C30H50O2/c1-21(2)13-10-14-22(3)15-11-16-23(4)17-12-19-30(8)20-18-27-26(7)28(31-9)24(5)25(6)29(27)32-30/h17,21-22H,10-16,18-20H2,1-9H3/b23-17+. The normalized spacial score (nSPS) is 19.6. The van der Waals surface area contributed by atoms with Crippen LogP contribution in [0.4, 0.5) is 0 Å². The minimum absolute atomic E-state index is 0.0765. The van der Waals surface area contributed by atoms with Crippen LogP contribution in [0, 0.1) is 32.6 Å². The quantitative estimate of drug-likeness (QED) is 0.300. The molecule has 1 aliphatic heterocycles. The number of benzene rings is 1. The van der Waals surface area contributed by atoms with E-state index >= 15 is 0 Å². The predicted molar refractivity (Wildman–Crippen MR) is 139 cm³/mol. The molecule has 0 saturated carbocycles. The summed E-state index contributed by atoms with van der Waals surface area (Å²) in [6.07, 6.45) is 14.9. The first-order valence-electron chi connectivity index (χ1n) is 13.1. The highest BCUT2D eigenvalue weighted by molar-refractivity contribution is 5.58. The summed E-state index contributed by atoms with van der Waals surface area (Å²) in [4.78, 5) is 0. The van der Waals surface area contributed by atoms with Gasteiger partial charge in [0.05, 0.1) is 7.11 Å². The zero-order valence-electron chi connectivity index (χ0n) is 22.6. The third-order valence-electron chi connectivity index (χ3n) is 7.68. The Hall–Kier alpha value is -1.44. The molecule has 1 aliphatic rings. The largest absolute Gasteiger partial charge is 0.496 e. The second-order valence-electron chi connectivity index (χ2n) is 11.2. The summed E-state index contributed by atoms with van der Waals surface area (Å²) in [5.41, 5.74) is 6.52. The summed E-state index contributed by atoms with van der Waals surface area (Å²) in [6, 6.07) is 0. The molecular formula is C30H50O2. The zero-order chi connectivity index (χ0) is 23.9. The number of rotatable bonds is 12. The van der Waals surface area contributed by atoms with Gasteiger partial charge in [0.25, 0.3) is 0 Å². The van der Waals surface area contributed by atoms with Crippen LogP contribution < -0.4 is 9.47 Å². The lowest BCUT2D eigenvalue weighted by atomic mass is 9.85. The molecule has 182 valence electrons. The van der Waals surface area contributed by atoms with Crippen LogP contribution in [0.1, 0.15) is 115 Å². The molecule has 0 spiro atoms. The Morgan fingerprint density at radius 2 is 1.72 bits per heavy atom. The molecule has 32 heavy (non-hydrogen) atoms. The second-order valence-corrected chi connectivity index (χ2v) is 11.2. The maximum atomic E-state index is 6.68. The molecular weight excluding hydrogens is 392 g/mol. The van der Waals surface area contributed by atoms with Gasteiger partial charge in [0.2, 0.25) is 0 Å². The van der Waals surface area contributed by atoms with E-state index in [0.29, 0.717) is 0 Å². The molecule has 0 N–H and O–H groups in total. The molecule has 2 unspecified atom stereocenters. The van der Waals surface area contributed by atoms with Gasteiger partial charge in [-0.2, -0.15) is 0 Å². The van der Waals surface area contributed by atoms with E-state index in [1.54, 1.807) is 12.7 Å². The summed E-state index contributed by atoms with van der Waals surface area (Å²) < 4.78 is 12.4. The highest BCUT2D eigenvalue weighted by Gasteiger charge is 2.34.